The van der Waals surface area contributed by atoms with Crippen molar-refractivity contribution in [1.82, 2.24) is 10.2 Å². The molecule has 2 atom stereocenters. The topological polar surface area (TPSA) is 15.3 Å². The normalized spacial score (nSPS) is 28.9. The number of rotatable bonds is 6. The molecule has 0 bridgehead atoms. The molecule has 1 aliphatic carbocycles. The third-order valence-electron chi connectivity index (χ3n) is 4.26. The van der Waals surface area contributed by atoms with Crippen LogP contribution in [-0.4, -0.2) is 37.6 Å². The van der Waals surface area contributed by atoms with Gasteiger partial charge >= 0.3 is 0 Å². The molecule has 0 aromatic heterocycles. The Hall–Kier alpha value is -0.0800. The minimum atomic E-state index is 0.477. The van der Waals surface area contributed by atoms with E-state index < -0.39 is 0 Å². The van der Waals surface area contributed by atoms with E-state index in [0.29, 0.717) is 11.5 Å². The SMILES string of the molecule is CCCN(CC)CC1CCC(C)(C)C1NC. The van der Waals surface area contributed by atoms with Crippen LogP contribution in [0.1, 0.15) is 47.0 Å². The molecule has 0 amide bonds. The van der Waals surface area contributed by atoms with Crippen molar-refractivity contribution in [2.24, 2.45) is 11.3 Å². The van der Waals surface area contributed by atoms with E-state index in [9.17, 15) is 0 Å². The zero-order valence-corrected chi connectivity index (χ0v) is 11.8. The Labute approximate surface area is 102 Å². The van der Waals surface area contributed by atoms with E-state index in [4.69, 9.17) is 0 Å². The van der Waals surface area contributed by atoms with Crippen molar-refractivity contribution in [3.05, 3.63) is 0 Å². The van der Waals surface area contributed by atoms with Gasteiger partial charge < -0.3 is 10.2 Å². The van der Waals surface area contributed by atoms with Crippen LogP contribution in [0.4, 0.5) is 0 Å². The van der Waals surface area contributed by atoms with E-state index in [0.717, 1.165) is 5.92 Å². The molecule has 2 nitrogen and oxygen atoms in total. The zero-order chi connectivity index (χ0) is 12.2. The summed E-state index contributed by atoms with van der Waals surface area (Å²) in [4.78, 5) is 2.61. The maximum atomic E-state index is 3.55. The predicted molar refractivity (Wildman–Crippen MR) is 71.8 cm³/mol. The Bertz CT molecular complexity index is 201. The zero-order valence-electron chi connectivity index (χ0n) is 11.8. The van der Waals surface area contributed by atoms with Crippen molar-refractivity contribution in [2.45, 2.75) is 53.0 Å². The molecule has 2 unspecified atom stereocenters. The maximum absolute atomic E-state index is 3.55. The third-order valence-corrected chi connectivity index (χ3v) is 4.26. The molecule has 0 spiro atoms. The molecule has 1 fully saturated rings. The van der Waals surface area contributed by atoms with Crippen LogP contribution >= 0.6 is 0 Å². The van der Waals surface area contributed by atoms with Crippen LogP contribution in [0.15, 0.2) is 0 Å². The standard InChI is InChI=1S/C14H30N2/c1-6-10-16(7-2)11-12-8-9-14(3,4)13(12)15-5/h12-13,15H,6-11H2,1-5H3. The lowest BCUT2D eigenvalue weighted by atomic mass is 9.85. The molecule has 1 N–H and O–H groups in total. The lowest BCUT2D eigenvalue weighted by molar-refractivity contribution is 0.194. The second-order valence-corrected chi connectivity index (χ2v) is 5.95. The van der Waals surface area contributed by atoms with Gasteiger partial charge in [0.2, 0.25) is 0 Å². The van der Waals surface area contributed by atoms with Gasteiger partial charge in [0.25, 0.3) is 0 Å². The van der Waals surface area contributed by atoms with Gasteiger partial charge in [-0.2, -0.15) is 0 Å². The minimum absolute atomic E-state index is 0.477. The minimum Gasteiger partial charge on any atom is -0.316 e. The summed E-state index contributed by atoms with van der Waals surface area (Å²) in [5.41, 5.74) is 0.477. The van der Waals surface area contributed by atoms with Gasteiger partial charge in [0, 0.05) is 12.6 Å². The molecule has 0 heterocycles. The Balaban J connectivity index is 2.53. The average molecular weight is 226 g/mol. The highest BCUT2D eigenvalue weighted by Crippen LogP contribution is 2.41. The summed E-state index contributed by atoms with van der Waals surface area (Å²) in [6, 6.07) is 0.693. The Morgan fingerprint density at radius 2 is 2.00 bits per heavy atom. The van der Waals surface area contributed by atoms with Crippen LogP contribution in [0.2, 0.25) is 0 Å². The Kier molecular flexibility index (Phi) is 5.26. The molecule has 0 saturated heterocycles. The first-order valence-electron chi connectivity index (χ1n) is 6.94. The highest BCUT2D eigenvalue weighted by atomic mass is 15.1. The van der Waals surface area contributed by atoms with E-state index in [2.05, 4.69) is 45.0 Å². The van der Waals surface area contributed by atoms with Gasteiger partial charge in [-0.3, -0.25) is 0 Å². The Morgan fingerprint density at radius 1 is 1.31 bits per heavy atom. The number of hydrogen-bond acceptors (Lipinski definition) is 2. The monoisotopic (exact) mass is 226 g/mol. The Morgan fingerprint density at radius 3 is 2.50 bits per heavy atom. The van der Waals surface area contributed by atoms with Crippen LogP contribution in [0.3, 0.4) is 0 Å². The third kappa shape index (κ3) is 3.21. The van der Waals surface area contributed by atoms with Crippen molar-refractivity contribution in [3.8, 4) is 0 Å². The summed E-state index contributed by atoms with van der Waals surface area (Å²) >= 11 is 0. The first-order valence-corrected chi connectivity index (χ1v) is 6.94. The predicted octanol–water partition coefficient (Wildman–Crippen LogP) is 2.74. The second-order valence-electron chi connectivity index (χ2n) is 5.95. The smallest absolute Gasteiger partial charge is 0.0156 e. The highest BCUT2D eigenvalue weighted by Gasteiger charge is 2.41. The van der Waals surface area contributed by atoms with E-state index >= 15 is 0 Å². The molecular formula is C14H30N2. The van der Waals surface area contributed by atoms with Gasteiger partial charge in [0.1, 0.15) is 0 Å². The second kappa shape index (κ2) is 6.02. The molecule has 16 heavy (non-hydrogen) atoms. The molecular weight excluding hydrogens is 196 g/mol. The molecule has 0 radical (unpaired) electrons. The van der Waals surface area contributed by atoms with Gasteiger partial charge in [0.15, 0.2) is 0 Å². The number of nitrogens with one attached hydrogen (secondary N) is 1. The molecule has 2 heteroatoms. The van der Waals surface area contributed by atoms with Gasteiger partial charge in [-0.05, 0) is 50.7 Å². The largest absolute Gasteiger partial charge is 0.316 e. The van der Waals surface area contributed by atoms with Gasteiger partial charge in [-0.15, -0.1) is 0 Å². The van der Waals surface area contributed by atoms with E-state index in [-0.39, 0.29) is 0 Å². The van der Waals surface area contributed by atoms with Crippen LogP contribution in [0.5, 0.6) is 0 Å². The average Bonchev–Trinajstić information content (AvgIpc) is 2.52. The summed E-state index contributed by atoms with van der Waals surface area (Å²) in [5.74, 6) is 0.839. The van der Waals surface area contributed by atoms with E-state index in [1.165, 1.54) is 38.9 Å². The van der Waals surface area contributed by atoms with Crippen LogP contribution in [0.25, 0.3) is 0 Å². The lowest BCUT2D eigenvalue weighted by Crippen LogP contribution is -2.44. The highest BCUT2D eigenvalue weighted by molar-refractivity contribution is 4.96. The lowest BCUT2D eigenvalue weighted by Gasteiger charge is -2.33. The molecule has 0 aromatic carbocycles. The summed E-state index contributed by atoms with van der Waals surface area (Å²) in [6.07, 6.45) is 4.03. The van der Waals surface area contributed by atoms with Crippen LogP contribution in [0, 0.1) is 11.3 Å². The summed E-state index contributed by atoms with van der Waals surface area (Å²) < 4.78 is 0. The molecule has 0 aliphatic heterocycles. The van der Waals surface area contributed by atoms with E-state index in [1.54, 1.807) is 0 Å². The molecule has 96 valence electrons. The number of nitrogens with zero attached hydrogens (tertiary/aromatic N) is 1. The van der Waals surface area contributed by atoms with Crippen LogP contribution in [-0.2, 0) is 0 Å². The summed E-state index contributed by atoms with van der Waals surface area (Å²) in [5, 5.41) is 3.55. The molecule has 0 aromatic rings. The fourth-order valence-corrected chi connectivity index (χ4v) is 3.37. The van der Waals surface area contributed by atoms with Crippen molar-refractivity contribution in [2.75, 3.05) is 26.7 Å². The maximum Gasteiger partial charge on any atom is 0.0156 e. The van der Waals surface area contributed by atoms with Gasteiger partial charge in [-0.25, -0.2) is 0 Å². The first kappa shape index (κ1) is 14.0. The molecule has 1 rings (SSSR count). The van der Waals surface area contributed by atoms with Crippen LogP contribution < -0.4 is 5.32 Å². The fraction of sp³-hybridized carbons (Fsp3) is 1.00. The number of hydrogen-bond donors (Lipinski definition) is 1. The van der Waals surface area contributed by atoms with Gasteiger partial charge in [-0.1, -0.05) is 27.7 Å². The molecule has 1 aliphatic rings. The quantitative estimate of drug-likeness (QED) is 0.749. The first-order chi connectivity index (χ1) is 7.55. The fourth-order valence-electron chi connectivity index (χ4n) is 3.37. The van der Waals surface area contributed by atoms with Crippen molar-refractivity contribution in [1.29, 1.82) is 0 Å². The summed E-state index contributed by atoms with van der Waals surface area (Å²) in [6.45, 7) is 13.1. The van der Waals surface area contributed by atoms with Gasteiger partial charge in [0.05, 0.1) is 0 Å². The van der Waals surface area contributed by atoms with Crippen molar-refractivity contribution >= 4 is 0 Å². The molecule has 1 saturated carbocycles. The summed E-state index contributed by atoms with van der Waals surface area (Å²) in [7, 11) is 2.13. The van der Waals surface area contributed by atoms with E-state index in [1.807, 2.05) is 0 Å². The van der Waals surface area contributed by atoms with Crippen molar-refractivity contribution in [3.63, 3.8) is 0 Å². The van der Waals surface area contributed by atoms with Crippen molar-refractivity contribution < 1.29 is 0 Å².